The second-order valence-electron chi connectivity index (χ2n) is 6.37. The van der Waals surface area contributed by atoms with Gasteiger partial charge in [-0.2, -0.15) is 5.10 Å². The lowest BCUT2D eigenvalue weighted by Gasteiger charge is -2.08. The number of amides is 1. The molecule has 0 unspecified atom stereocenters. The van der Waals surface area contributed by atoms with Crippen molar-refractivity contribution >= 4 is 28.7 Å². The summed E-state index contributed by atoms with van der Waals surface area (Å²) in [5, 5.41) is 15.5. The summed E-state index contributed by atoms with van der Waals surface area (Å²) < 4.78 is 0. The van der Waals surface area contributed by atoms with Crippen LogP contribution in [0.2, 0.25) is 0 Å². The Morgan fingerprint density at radius 2 is 1.93 bits per heavy atom. The number of aromatic nitrogens is 2. The van der Waals surface area contributed by atoms with Gasteiger partial charge in [0.25, 0.3) is 11.6 Å². The van der Waals surface area contributed by atoms with E-state index in [1.165, 1.54) is 18.3 Å². The average molecular weight is 397 g/mol. The summed E-state index contributed by atoms with van der Waals surface area (Å²) in [6, 6.07) is 18.7. The number of rotatable bonds is 5. The van der Waals surface area contributed by atoms with Gasteiger partial charge in [0, 0.05) is 41.0 Å². The number of nitrogens with one attached hydrogen (secondary N) is 1. The third-order valence-electron chi connectivity index (χ3n) is 4.38. The molecule has 0 atom stereocenters. The van der Waals surface area contributed by atoms with E-state index in [9.17, 15) is 14.9 Å². The van der Waals surface area contributed by atoms with Crippen LogP contribution in [-0.2, 0) is 0 Å². The molecule has 146 valence electrons. The predicted molar refractivity (Wildman–Crippen MR) is 113 cm³/mol. The average Bonchev–Trinajstić information content (AvgIpc) is 2.79. The fraction of sp³-hybridized carbons (Fsp3) is 0. The maximum absolute atomic E-state index is 12.8. The van der Waals surface area contributed by atoms with Crippen molar-refractivity contribution in [3.63, 3.8) is 0 Å². The van der Waals surface area contributed by atoms with Crippen LogP contribution in [0.3, 0.4) is 0 Å². The third kappa shape index (κ3) is 4.02. The molecule has 0 bridgehead atoms. The quantitative estimate of drug-likeness (QED) is 0.311. The number of fused-ring (bicyclic) bond motifs is 1. The zero-order valence-electron chi connectivity index (χ0n) is 15.6. The van der Waals surface area contributed by atoms with Crippen LogP contribution in [0.4, 0.5) is 5.69 Å². The Balaban J connectivity index is 1.64. The number of carbonyl (C=O) groups excluding carboxylic acids is 1. The van der Waals surface area contributed by atoms with E-state index in [1.807, 2.05) is 30.3 Å². The van der Waals surface area contributed by atoms with E-state index in [1.54, 1.807) is 36.7 Å². The number of hydrogen-bond donors (Lipinski definition) is 1. The van der Waals surface area contributed by atoms with E-state index in [0.29, 0.717) is 27.7 Å². The first-order valence-corrected chi connectivity index (χ1v) is 9.00. The molecular weight excluding hydrogens is 382 g/mol. The third-order valence-corrected chi connectivity index (χ3v) is 4.38. The molecule has 4 rings (SSSR count). The van der Waals surface area contributed by atoms with Gasteiger partial charge in [0.2, 0.25) is 0 Å². The van der Waals surface area contributed by atoms with Crippen LogP contribution in [0.25, 0.3) is 22.2 Å². The van der Waals surface area contributed by atoms with Gasteiger partial charge >= 0.3 is 0 Å². The van der Waals surface area contributed by atoms with Gasteiger partial charge in [0.15, 0.2) is 0 Å². The molecule has 30 heavy (non-hydrogen) atoms. The standard InChI is InChI=1S/C22H15N5O3/c28-22(26-24-13-15-5-3-7-17(11-15)27(29)30)19-12-21(16-6-4-10-23-14-16)25-20-9-2-1-8-18(19)20/h1-14H,(H,26,28)/b24-13-. The van der Waals surface area contributed by atoms with Crippen molar-refractivity contribution in [3.8, 4) is 11.3 Å². The largest absolute Gasteiger partial charge is 0.272 e. The van der Waals surface area contributed by atoms with Crippen molar-refractivity contribution in [2.75, 3.05) is 0 Å². The van der Waals surface area contributed by atoms with Crippen LogP contribution in [0.15, 0.2) is 84.2 Å². The SMILES string of the molecule is O=C(N/N=C\c1cccc([N+](=O)[O-])c1)c1cc(-c2cccnc2)nc2ccccc12. The first-order chi connectivity index (χ1) is 14.6. The van der Waals surface area contributed by atoms with E-state index >= 15 is 0 Å². The molecule has 0 fully saturated rings. The van der Waals surface area contributed by atoms with E-state index in [-0.39, 0.29) is 5.69 Å². The van der Waals surface area contributed by atoms with E-state index in [0.717, 1.165) is 5.56 Å². The number of non-ortho nitro benzene ring substituents is 1. The van der Waals surface area contributed by atoms with Crippen LogP contribution in [0, 0.1) is 10.1 Å². The van der Waals surface area contributed by atoms with Gasteiger partial charge in [0.1, 0.15) is 0 Å². The minimum Gasteiger partial charge on any atom is -0.267 e. The molecule has 0 spiro atoms. The fourth-order valence-corrected chi connectivity index (χ4v) is 2.97. The Morgan fingerprint density at radius 1 is 1.07 bits per heavy atom. The number of para-hydroxylation sites is 1. The molecule has 0 radical (unpaired) electrons. The Bertz CT molecular complexity index is 1270. The smallest absolute Gasteiger partial charge is 0.267 e. The molecule has 0 aliphatic heterocycles. The van der Waals surface area contributed by atoms with Gasteiger partial charge in [-0.25, -0.2) is 10.4 Å². The van der Waals surface area contributed by atoms with E-state index in [2.05, 4.69) is 20.5 Å². The van der Waals surface area contributed by atoms with Crippen LogP contribution in [-0.4, -0.2) is 27.0 Å². The molecule has 0 aliphatic rings. The van der Waals surface area contributed by atoms with Crippen LogP contribution < -0.4 is 5.43 Å². The first kappa shape index (κ1) is 18.9. The molecule has 1 N–H and O–H groups in total. The maximum atomic E-state index is 12.8. The molecule has 0 saturated heterocycles. The Hall–Kier alpha value is -4.46. The van der Waals surface area contributed by atoms with E-state index < -0.39 is 10.8 Å². The molecular formula is C22H15N5O3. The molecule has 1 amide bonds. The molecule has 8 nitrogen and oxygen atoms in total. The molecule has 4 aromatic rings. The summed E-state index contributed by atoms with van der Waals surface area (Å²) in [5.41, 5.74) is 5.43. The molecule has 0 aliphatic carbocycles. The van der Waals surface area contributed by atoms with Gasteiger partial charge in [-0.1, -0.05) is 30.3 Å². The van der Waals surface area contributed by atoms with Gasteiger partial charge in [-0.3, -0.25) is 19.9 Å². The molecule has 2 heterocycles. The number of nitro benzene ring substituents is 1. The normalized spacial score (nSPS) is 10.9. The maximum Gasteiger partial charge on any atom is 0.272 e. The summed E-state index contributed by atoms with van der Waals surface area (Å²) >= 11 is 0. The van der Waals surface area contributed by atoms with Crippen LogP contribution >= 0.6 is 0 Å². The van der Waals surface area contributed by atoms with Crippen molar-refractivity contribution in [2.24, 2.45) is 5.10 Å². The zero-order chi connectivity index (χ0) is 20.9. The van der Waals surface area contributed by atoms with Crippen molar-refractivity contribution < 1.29 is 9.72 Å². The Morgan fingerprint density at radius 3 is 2.73 bits per heavy atom. The number of nitro groups is 1. The molecule has 0 saturated carbocycles. The topological polar surface area (TPSA) is 110 Å². The first-order valence-electron chi connectivity index (χ1n) is 9.00. The number of pyridine rings is 2. The highest BCUT2D eigenvalue weighted by atomic mass is 16.6. The van der Waals surface area contributed by atoms with Gasteiger partial charge in [0.05, 0.1) is 27.9 Å². The van der Waals surface area contributed by atoms with Gasteiger partial charge < -0.3 is 0 Å². The highest BCUT2D eigenvalue weighted by Gasteiger charge is 2.13. The summed E-state index contributed by atoms with van der Waals surface area (Å²) in [5.74, 6) is -0.416. The van der Waals surface area contributed by atoms with Crippen molar-refractivity contribution in [1.29, 1.82) is 0 Å². The van der Waals surface area contributed by atoms with Gasteiger partial charge in [-0.15, -0.1) is 0 Å². The molecule has 2 aromatic carbocycles. The lowest BCUT2D eigenvalue weighted by atomic mass is 10.0. The summed E-state index contributed by atoms with van der Waals surface area (Å²) in [6.07, 6.45) is 4.70. The zero-order valence-corrected chi connectivity index (χ0v) is 15.6. The lowest BCUT2D eigenvalue weighted by molar-refractivity contribution is -0.384. The summed E-state index contributed by atoms with van der Waals surface area (Å²) in [4.78, 5) is 31.9. The van der Waals surface area contributed by atoms with E-state index in [4.69, 9.17) is 0 Å². The van der Waals surface area contributed by atoms with Crippen LogP contribution in [0.5, 0.6) is 0 Å². The van der Waals surface area contributed by atoms with Crippen LogP contribution in [0.1, 0.15) is 15.9 Å². The molecule has 8 heteroatoms. The minimum atomic E-state index is -0.487. The molecule has 2 aromatic heterocycles. The van der Waals surface area contributed by atoms with Crippen molar-refractivity contribution in [3.05, 3.63) is 100 Å². The fourth-order valence-electron chi connectivity index (χ4n) is 2.97. The number of carbonyl (C=O) groups is 1. The van der Waals surface area contributed by atoms with Crippen molar-refractivity contribution in [2.45, 2.75) is 0 Å². The summed E-state index contributed by atoms with van der Waals surface area (Å²) in [6.45, 7) is 0. The number of hydrogen-bond acceptors (Lipinski definition) is 6. The number of nitrogens with zero attached hydrogens (tertiary/aromatic N) is 4. The number of hydrazone groups is 1. The van der Waals surface area contributed by atoms with Crippen molar-refractivity contribution in [1.82, 2.24) is 15.4 Å². The highest BCUT2D eigenvalue weighted by molar-refractivity contribution is 6.07. The summed E-state index contributed by atoms with van der Waals surface area (Å²) in [7, 11) is 0. The number of benzene rings is 2. The lowest BCUT2D eigenvalue weighted by Crippen LogP contribution is -2.18. The highest BCUT2D eigenvalue weighted by Crippen LogP contribution is 2.24. The second kappa shape index (κ2) is 8.27. The monoisotopic (exact) mass is 397 g/mol. The second-order valence-corrected chi connectivity index (χ2v) is 6.37. The van der Waals surface area contributed by atoms with Gasteiger partial charge in [-0.05, 0) is 24.3 Å². The Labute approximate surface area is 171 Å². The Kier molecular flexibility index (Phi) is 5.21. The predicted octanol–water partition coefficient (Wildman–Crippen LogP) is 3.97. The minimum absolute atomic E-state index is 0.0495.